The molecule has 1 amide bonds. The number of carbonyl (C=O) groups is 1. The van der Waals surface area contributed by atoms with Crippen LogP contribution in [0.3, 0.4) is 0 Å². The Morgan fingerprint density at radius 2 is 2.03 bits per heavy atom. The van der Waals surface area contributed by atoms with Crippen molar-refractivity contribution in [3.63, 3.8) is 0 Å². The zero-order valence-corrected chi connectivity index (χ0v) is 19.3. The van der Waals surface area contributed by atoms with Crippen LogP contribution in [0.15, 0.2) is 0 Å². The molecule has 30 heavy (non-hydrogen) atoms. The van der Waals surface area contributed by atoms with Gasteiger partial charge in [-0.3, -0.25) is 4.79 Å². The molecule has 3 heterocycles. The summed E-state index contributed by atoms with van der Waals surface area (Å²) >= 11 is 7.59. The van der Waals surface area contributed by atoms with Crippen molar-refractivity contribution in [1.29, 1.82) is 0 Å². The minimum absolute atomic E-state index is 0.198. The Hall–Kier alpha value is -0.130. The van der Waals surface area contributed by atoms with Crippen molar-refractivity contribution in [3.05, 3.63) is 0 Å². The molecule has 5 unspecified atom stereocenters. The number of carbonyl (C=O) groups excluding carboxylic acids is 1. The molecule has 5 N–H and O–H groups in total. The summed E-state index contributed by atoms with van der Waals surface area (Å²) in [5.41, 5.74) is -0.728. The molecule has 0 aromatic heterocycles. The number of ether oxygens (including phenoxy) is 2. The predicted molar refractivity (Wildman–Crippen MR) is 115 cm³/mol. The van der Waals surface area contributed by atoms with E-state index < -0.39 is 47.3 Å². The van der Waals surface area contributed by atoms with E-state index in [-0.39, 0.29) is 17.9 Å². The molecule has 11 atom stereocenters. The SMILES string of the molecule is CC[C@@H]1CCO[C@@H]2[C@H](CN[C@@H]2C(=O)N[C@@H](C2OC(SC)C(O)C(O)C2O)[C@H](C)Cl)C1. The molecule has 3 fully saturated rings. The normalized spacial score (nSPS) is 44.0. The quantitative estimate of drug-likeness (QED) is 0.349. The average molecular weight is 467 g/mol. The summed E-state index contributed by atoms with van der Waals surface area (Å²) < 4.78 is 11.9. The van der Waals surface area contributed by atoms with Gasteiger partial charge >= 0.3 is 0 Å². The van der Waals surface area contributed by atoms with E-state index in [1.165, 1.54) is 11.8 Å². The fourth-order valence-electron chi connectivity index (χ4n) is 4.84. The third-order valence-electron chi connectivity index (χ3n) is 6.72. The second kappa shape index (κ2) is 10.7. The van der Waals surface area contributed by atoms with Gasteiger partial charge in [0.1, 0.15) is 35.9 Å². The highest BCUT2D eigenvalue weighted by atomic mass is 35.5. The summed E-state index contributed by atoms with van der Waals surface area (Å²) in [6.07, 6.45) is -0.240. The Balaban J connectivity index is 1.70. The largest absolute Gasteiger partial charge is 0.388 e. The molecule has 0 saturated carbocycles. The van der Waals surface area contributed by atoms with Gasteiger partial charge in [-0.15, -0.1) is 23.4 Å². The van der Waals surface area contributed by atoms with Gasteiger partial charge in [0.25, 0.3) is 0 Å². The monoisotopic (exact) mass is 466 g/mol. The topological polar surface area (TPSA) is 120 Å². The van der Waals surface area contributed by atoms with Gasteiger partial charge in [0.15, 0.2) is 0 Å². The summed E-state index contributed by atoms with van der Waals surface area (Å²) in [7, 11) is 0. The number of rotatable bonds is 6. The summed E-state index contributed by atoms with van der Waals surface area (Å²) in [5.74, 6) is 0.642. The first-order valence-corrected chi connectivity index (χ1v) is 12.5. The maximum absolute atomic E-state index is 13.2. The number of hydrogen-bond acceptors (Lipinski definition) is 8. The number of halogens is 1. The second-order valence-electron chi connectivity index (χ2n) is 8.67. The second-order valence-corrected chi connectivity index (χ2v) is 10.3. The van der Waals surface area contributed by atoms with Crippen LogP contribution in [0.2, 0.25) is 0 Å². The van der Waals surface area contributed by atoms with Gasteiger partial charge in [-0.1, -0.05) is 13.3 Å². The summed E-state index contributed by atoms with van der Waals surface area (Å²) in [5, 5.41) is 36.5. The van der Waals surface area contributed by atoms with Gasteiger partial charge in [0, 0.05) is 13.2 Å². The highest BCUT2D eigenvalue weighted by Crippen LogP contribution is 2.33. The zero-order valence-electron chi connectivity index (χ0n) is 17.7. The van der Waals surface area contributed by atoms with Gasteiger partial charge in [0.2, 0.25) is 5.91 Å². The van der Waals surface area contributed by atoms with Gasteiger partial charge in [-0.05, 0) is 37.9 Å². The zero-order chi connectivity index (χ0) is 22.0. The Labute approximate surface area is 187 Å². The van der Waals surface area contributed by atoms with Crippen molar-refractivity contribution in [2.45, 2.75) is 86.5 Å². The van der Waals surface area contributed by atoms with Gasteiger partial charge in [-0.25, -0.2) is 0 Å². The molecule has 0 aromatic carbocycles. The first-order valence-electron chi connectivity index (χ1n) is 10.8. The lowest BCUT2D eigenvalue weighted by atomic mass is 9.88. The van der Waals surface area contributed by atoms with E-state index in [0.29, 0.717) is 12.5 Å². The van der Waals surface area contributed by atoms with E-state index in [9.17, 15) is 20.1 Å². The number of alkyl halides is 1. The maximum atomic E-state index is 13.2. The lowest BCUT2D eigenvalue weighted by molar-refractivity contribution is -0.205. The summed E-state index contributed by atoms with van der Waals surface area (Å²) in [6.45, 7) is 5.26. The Bertz CT molecular complexity index is 585. The minimum Gasteiger partial charge on any atom is -0.388 e. The van der Waals surface area contributed by atoms with Crippen LogP contribution < -0.4 is 10.6 Å². The molecule has 174 valence electrons. The third-order valence-corrected chi connectivity index (χ3v) is 7.85. The lowest BCUT2D eigenvalue weighted by Crippen LogP contribution is -2.65. The highest BCUT2D eigenvalue weighted by Gasteiger charge is 2.49. The van der Waals surface area contributed by atoms with E-state index in [0.717, 1.165) is 25.8 Å². The predicted octanol–water partition coefficient (Wildman–Crippen LogP) is 0.0623. The van der Waals surface area contributed by atoms with Crippen LogP contribution in [0.4, 0.5) is 0 Å². The number of thioether (sulfide) groups is 1. The van der Waals surface area contributed by atoms with E-state index in [4.69, 9.17) is 21.1 Å². The number of aliphatic hydroxyl groups is 3. The molecular weight excluding hydrogens is 432 g/mol. The van der Waals surface area contributed by atoms with Gasteiger partial charge in [-0.2, -0.15) is 0 Å². The first-order chi connectivity index (χ1) is 14.3. The summed E-state index contributed by atoms with van der Waals surface area (Å²) in [4.78, 5) is 13.2. The molecule has 10 heteroatoms. The maximum Gasteiger partial charge on any atom is 0.240 e. The number of amides is 1. The molecule has 8 nitrogen and oxygen atoms in total. The molecule has 0 aromatic rings. The number of nitrogens with one attached hydrogen (secondary N) is 2. The van der Waals surface area contributed by atoms with Crippen molar-refractivity contribution in [1.82, 2.24) is 10.6 Å². The van der Waals surface area contributed by atoms with Crippen molar-refractivity contribution >= 4 is 29.3 Å². The van der Waals surface area contributed by atoms with Crippen LogP contribution in [-0.2, 0) is 14.3 Å². The fraction of sp³-hybridized carbons (Fsp3) is 0.950. The number of fused-ring (bicyclic) bond motifs is 1. The molecular formula is C20H35ClN2O6S. The molecule has 0 aliphatic carbocycles. The number of hydrogen-bond donors (Lipinski definition) is 5. The average Bonchev–Trinajstić information content (AvgIpc) is 3.00. The Kier molecular flexibility index (Phi) is 8.71. The molecule has 0 bridgehead atoms. The summed E-state index contributed by atoms with van der Waals surface area (Å²) in [6, 6.07) is -1.25. The smallest absolute Gasteiger partial charge is 0.240 e. The van der Waals surface area contributed by atoms with Crippen LogP contribution in [0.1, 0.15) is 33.1 Å². The van der Waals surface area contributed by atoms with Crippen LogP contribution >= 0.6 is 23.4 Å². The minimum atomic E-state index is -1.39. The number of aliphatic hydroxyl groups excluding tert-OH is 3. The fourth-order valence-corrected chi connectivity index (χ4v) is 5.73. The van der Waals surface area contributed by atoms with Crippen molar-refractivity contribution < 1.29 is 29.6 Å². The van der Waals surface area contributed by atoms with Crippen molar-refractivity contribution in [2.24, 2.45) is 11.8 Å². The van der Waals surface area contributed by atoms with E-state index in [1.54, 1.807) is 13.2 Å². The molecule has 3 aliphatic heterocycles. The van der Waals surface area contributed by atoms with Crippen LogP contribution in [0, 0.1) is 11.8 Å². The van der Waals surface area contributed by atoms with E-state index >= 15 is 0 Å². The standard InChI is InChI=1S/C20H35ClN2O6S/c1-4-10-5-6-28-17-11(7-10)8-22-13(17)19(27)23-12(9(2)21)18-15(25)14(24)16(26)20(29-18)30-3/h9-18,20,22,24-26H,4-8H2,1-3H3,(H,23,27)/t9-,10+,11-,12+,13-,14?,15?,16?,17+,18?,20?/m0/s1. The Morgan fingerprint density at radius 1 is 1.30 bits per heavy atom. The Morgan fingerprint density at radius 3 is 2.67 bits per heavy atom. The lowest BCUT2D eigenvalue weighted by Gasteiger charge is -2.44. The van der Waals surface area contributed by atoms with Crippen molar-refractivity contribution in [2.75, 3.05) is 19.4 Å². The molecule has 3 aliphatic rings. The van der Waals surface area contributed by atoms with Gasteiger partial charge in [0.05, 0.1) is 17.5 Å². The van der Waals surface area contributed by atoms with Crippen LogP contribution in [0.25, 0.3) is 0 Å². The molecule has 3 saturated heterocycles. The van der Waals surface area contributed by atoms with Gasteiger partial charge < -0.3 is 35.4 Å². The third kappa shape index (κ3) is 5.09. The van der Waals surface area contributed by atoms with Crippen LogP contribution in [-0.4, -0.2) is 94.1 Å². The molecule has 3 rings (SSSR count). The van der Waals surface area contributed by atoms with Crippen LogP contribution in [0.5, 0.6) is 0 Å². The van der Waals surface area contributed by atoms with Crippen molar-refractivity contribution in [3.8, 4) is 0 Å². The van der Waals surface area contributed by atoms with E-state index in [2.05, 4.69) is 17.6 Å². The first kappa shape index (κ1) is 24.5. The molecule has 0 spiro atoms. The highest BCUT2D eigenvalue weighted by molar-refractivity contribution is 7.99. The molecule has 0 radical (unpaired) electrons. The van der Waals surface area contributed by atoms with E-state index in [1.807, 2.05) is 0 Å².